The van der Waals surface area contributed by atoms with Crippen LogP contribution in [0.1, 0.15) is 61.0 Å². The quantitative estimate of drug-likeness (QED) is 0.613. The van der Waals surface area contributed by atoms with Gasteiger partial charge in [0, 0.05) is 51.2 Å². The zero-order valence-corrected chi connectivity index (χ0v) is 20.7. The average molecular weight is 478 g/mol. The van der Waals surface area contributed by atoms with E-state index in [1.165, 1.54) is 11.1 Å². The van der Waals surface area contributed by atoms with Crippen molar-refractivity contribution in [2.24, 2.45) is 0 Å². The Kier molecular flexibility index (Phi) is 7.00. The van der Waals surface area contributed by atoms with E-state index in [1.807, 2.05) is 23.6 Å². The van der Waals surface area contributed by atoms with Gasteiger partial charge in [-0.3, -0.25) is 9.69 Å². The molecule has 0 saturated carbocycles. The number of piperidine rings is 1. The first kappa shape index (κ1) is 23.7. The molecular weight excluding hydrogens is 442 g/mol. The van der Waals surface area contributed by atoms with Crippen LogP contribution in [0.25, 0.3) is 0 Å². The molecule has 8 nitrogen and oxygen atoms in total. The van der Waals surface area contributed by atoms with Crippen LogP contribution in [0.2, 0.25) is 0 Å². The molecule has 3 aliphatic rings. The molecule has 0 aliphatic carbocycles. The van der Waals surface area contributed by atoms with Crippen molar-refractivity contribution in [3.8, 4) is 0 Å². The monoisotopic (exact) mass is 477 g/mol. The van der Waals surface area contributed by atoms with E-state index >= 15 is 0 Å². The summed E-state index contributed by atoms with van der Waals surface area (Å²) in [5.74, 6) is 0.228. The smallest absolute Gasteiger partial charge is 0.329 e. The minimum Gasteiger partial charge on any atom is -0.461 e. The summed E-state index contributed by atoms with van der Waals surface area (Å²) in [6.07, 6.45) is 7.74. The van der Waals surface area contributed by atoms with Crippen LogP contribution >= 0.6 is 0 Å². The van der Waals surface area contributed by atoms with Gasteiger partial charge in [0.2, 0.25) is 5.95 Å². The second-order valence-corrected chi connectivity index (χ2v) is 10.1. The topological polar surface area (TPSA) is 78.9 Å². The van der Waals surface area contributed by atoms with Gasteiger partial charge < -0.3 is 14.5 Å². The van der Waals surface area contributed by atoms with Gasteiger partial charge in [-0.05, 0) is 57.1 Å². The van der Waals surface area contributed by atoms with Crippen LogP contribution in [0.15, 0.2) is 36.7 Å². The lowest BCUT2D eigenvalue weighted by Crippen LogP contribution is -2.48. The van der Waals surface area contributed by atoms with Gasteiger partial charge in [0.15, 0.2) is 0 Å². The molecule has 35 heavy (non-hydrogen) atoms. The molecule has 0 N–H and O–H groups in total. The lowest BCUT2D eigenvalue weighted by molar-refractivity contribution is -0.148. The third-order valence-corrected chi connectivity index (χ3v) is 7.45. The molecule has 8 heteroatoms. The van der Waals surface area contributed by atoms with Gasteiger partial charge in [-0.15, -0.1) is 0 Å². The lowest BCUT2D eigenvalue weighted by Gasteiger charge is -2.40. The number of ether oxygens (including phenoxy) is 1. The first-order chi connectivity index (χ1) is 17.0. The number of fused-ring (bicyclic) bond motifs is 1. The summed E-state index contributed by atoms with van der Waals surface area (Å²) in [6, 6.07) is 8.88. The number of carbonyl (C=O) groups is 2. The number of hydrogen-bond acceptors (Lipinski definition) is 7. The van der Waals surface area contributed by atoms with Crippen molar-refractivity contribution in [2.75, 3.05) is 31.1 Å². The van der Waals surface area contributed by atoms with Crippen LogP contribution in [0.5, 0.6) is 0 Å². The molecule has 2 fully saturated rings. The Labute approximate surface area is 207 Å². The largest absolute Gasteiger partial charge is 0.461 e. The average Bonchev–Trinajstić information content (AvgIpc) is 3.38. The second-order valence-electron chi connectivity index (χ2n) is 10.1. The number of likely N-dealkylation sites (tertiary alicyclic amines) is 1. The van der Waals surface area contributed by atoms with Gasteiger partial charge in [-0.2, -0.15) is 0 Å². The van der Waals surface area contributed by atoms with E-state index in [0.717, 1.165) is 58.3 Å². The van der Waals surface area contributed by atoms with Crippen molar-refractivity contribution in [1.29, 1.82) is 0 Å². The number of benzene rings is 1. The Morgan fingerprint density at radius 1 is 0.971 bits per heavy atom. The maximum absolute atomic E-state index is 13.1. The fourth-order valence-corrected chi connectivity index (χ4v) is 5.59. The Balaban J connectivity index is 1.16. The van der Waals surface area contributed by atoms with Gasteiger partial charge in [0.25, 0.3) is 5.91 Å². The Morgan fingerprint density at radius 3 is 2.40 bits per heavy atom. The Morgan fingerprint density at radius 2 is 1.69 bits per heavy atom. The fraction of sp³-hybridized carbons (Fsp3) is 0.556. The van der Waals surface area contributed by atoms with E-state index in [9.17, 15) is 9.59 Å². The van der Waals surface area contributed by atoms with Crippen molar-refractivity contribution in [3.63, 3.8) is 0 Å². The summed E-state index contributed by atoms with van der Waals surface area (Å²) in [5.41, 5.74) is 3.41. The van der Waals surface area contributed by atoms with E-state index in [4.69, 9.17) is 4.74 Å². The molecule has 0 radical (unpaired) electrons. The third kappa shape index (κ3) is 5.17. The number of amides is 1. The molecule has 2 aromatic rings. The van der Waals surface area contributed by atoms with E-state index in [-0.39, 0.29) is 24.0 Å². The minimum absolute atomic E-state index is 0.0174. The number of hydrogen-bond donors (Lipinski definition) is 0. The first-order valence-corrected chi connectivity index (χ1v) is 12.9. The summed E-state index contributed by atoms with van der Waals surface area (Å²) in [4.78, 5) is 40.8. The van der Waals surface area contributed by atoms with Gasteiger partial charge in [-0.25, -0.2) is 14.8 Å². The Hall–Kier alpha value is -3.00. The molecule has 4 heterocycles. The molecule has 1 aromatic carbocycles. The van der Waals surface area contributed by atoms with Crippen LogP contribution in [0.4, 0.5) is 5.95 Å². The molecule has 0 bridgehead atoms. The van der Waals surface area contributed by atoms with E-state index in [0.29, 0.717) is 24.1 Å². The fourth-order valence-electron chi connectivity index (χ4n) is 5.59. The van der Waals surface area contributed by atoms with Crippen LogP contribution in [0.3, 0.4) is 0 Å². The zero-order valence-electron chi connectivity index (χ0n) is 20.7. The van der Waals surface area contributed by atoms with E-state index in [1.54, 1.807) is 12.4 Å². The Bertz CT molecular complexity index is 1050. The highest BCUT2D eigenvalue weighted by Gasteiger charge is 2.34. The van der Waals surface area contributed by atoms with Crippen LogP contribution in [0, 0.1) is 0 Å². The normalized spacial score (nSPS) is 21.3. The summed E-state index contributed by atoms with van der Waals surface area (Å²) in [6.45, 7) is 8.00. The van der Waals surface area contributed by atoms with Gasteiger partial charge in [0.05, 0.1) is 11.7 Å². The number of esters is 1. The molecule has 1 aromatic heterocycles. The predicted octanol–water partition coefficient (Wildman–Crippen LogP) is 3.06. The maximum atomic E-state index is 13.1. The molecule has 186 valence electrons. The number of anilines is 1. The molecular formula is C27H35N5O3. The molecule has 1 atom stereocenters. The minimum atomic E-state index is -0.361. The van der Waals surface area contributed by atoms with Gasteiger partial charge in [0.1, 0.15) is 6.04 Å². The third-order valence-electron chi connectivity index (χ3n) is 7.45. The van der Waals surface area contributed by atoms with E-state index in [2.05, 4.69) is 39.1 Å². The lowest BCUT2D eigenvalue weighted by atomic mass is 9.95. The standard InChI is InChI=1S/C27H35N5O3/c1-19(2)35-26(34)24-8-5-12-32(24)27-28-16-22(17-29-27)25(33)30-14-10-23(11-15-30)31-13-9-20-6-3-4-7-21(20)18-31/h3-4,6-7,16-17,19,23-24H,5,8-15,18H2,1-2H3. The summed E-state index contributed by atoms with van der Waals surface area (Å²) in [5, 5.41) is 0. The summed E-state index contributed by atoms with van der Waals surface area (Å²) < 4.78 is 5.40. The highest BCUT2D eigenvalue weighted by molar-refractivity contribution is 5.93. The number of rotatable bonds is 5. The highest BCUT2D eigenvalue weighted by Crippen LogP contribution is 2.26. The zero-order chi connectivity index (χ0) is 24.4. The van der Waals surface area contributed by atoms with Crippen molar-refractivity contribution < 1.29 is 14.3 Å². The molecule has 1 unspecified atom stereocenters. The molecule has 1 amide bonds. The van der Waals surface area contributed by atoms with Crippen LogP contribution in [-0.4, -0.2) is 76.0 Å². The number of carbonyl (C=O) groups excluding carboxylic acids is 2. The number of aromatic nitrogens is 2. The van der Waals surface area contributed by atoms with Gasteiger partial charge in [-0.1, -0.05) is 24.3 Å². The molecule has 3 aliphatic heterocycles. The van der Waals surface area contributed by atoms with Crippen LogP contribution in [-0.2, 0) is 22.5 Å². The van der Waals surface area contributed by atoms with Crippen molar-refractivity contribution >= 4 is 17.8 Å². The van der Waals surface area contributed by atoms with Crippen LogP contribution < -0.4 is 4.90 Å². The highest BCUT2D eigenvalue weighted by atomic mass is 16.5. The SMILES string of the molecule is CC(C)OC(=O)C1CCCN1c1ncc(C(=O)N2CCC(N3CCc4ccccc4C3)CC2)cn1. The predicted molar refractivity (Wildman–Crippen MR) is 133 cm³/mol. The molecule has 2 saturated heterocycles. The molecule has 0 spiro atoms. The maximum Gasteiger partial charge on any atom is 0.329 e. The summed E-state index contributed by atoms with van der Waals surface area (Å²) >= 11 is 0. The second kappa shape index (κ2) is 10.3. The molecule has 5 rings (SSSR count). The van der Waals surface area contributed by atoms with Crippen molar-refractivity contribution in [1.82, 2.24) is 19.8 Å². The number of nitrogens with zero attached hydrogens (tertiary/aromatic N) is 5. The van der Waals surface area contributed by atoms with E-state index < -0.39 is 0 Å². The summed E-state index contributed by atoms with van der Waals surface area (Å²) in [7, 11) is 0. The van der Waals surface area contributed by atoms with Crippen molar-refractivity contribution in [3.05, 3.63) is 53.3 Å². The van der Waals surface area contributed by atoms with Gasteiger partial charge >= 0.3 is 5.97 Å². The first-order valence-electron chi connectivity index (χ1n) is 12.9. The van der Waals surface area contributed by atoms with Crippen molar-refractivity contribution in [2.45, 2.75) is 70.7 Å².